The summed E-state index contributed by atoms with van der Waals surface area (Å²) in [4.78, 5) is 26.2. The van der Waals surface area contributed by atoms with Crippen LogP contribution >= 0.6 is 0 Å². The molecule has 7 nitrogen and oxygen atoms in total. The molecule has 21 heavy (non-hydrogen) atoms. The van der Waals surface area contributed by atoms with Crippen LogP contribution in [0.2, 0.25) is 0 Å². The normalized spacial score (nSPS) is 10.1. The zero-order chi connectivity index (χ0) is 15.2. The molecule has 0 bridgehead atoms. The van der Waals surface area contributed by atoms with Gasteiger partial charge in [0.15, 0.2) is 0 Å². The van der Waals surface area contributed by atoms with Gasteiger partial charge >= 0.3 is 0 Å². The molecule has 1 aromatic carbocycles. The van der Waals surface area contributed by atoms with Crippen molar-refractivity contribution in [1.29, 1.82) is 0 Å². The van der Waals surface area contributed by atoms with Crippen molar-refractivity contribution in [2.45, 2.75) is 13.0 Å². The van der Waals surface area contributed by atoms with Gasteiger partial charge in [-0.1, -0.05) is 18.2 Å². The highest BCUT2D eigenvalue weighted by molar-refractivity contribution is 5.78. The first-order valence-corrected chi connectivity index (χ1v) is 6.25. The molecule has 0 spiro atoms. The summed E-state index contributed by atoms with van der Waals surface area (Å²) < 4.78 is 0. The highest BCUT2D eigenvalue weighted by Crippen LogP contribution is 2.17. The number of nitrogens with one attached hydrogen (secondary N) is 1. The number of nitrogens with zero attached hydrogens (tertiary/aromatic N) is 2. The van der Waals surface area contributed by atoms with Crippen LogP contribution in [0.4, 0.5) is 11.4 Å². The largest absolute Gasteiger partial charge is 0.397 e. The van der Waals surface area contributed by atoms with Gasteiger partial charge in [0.05, 0.1) is 23.2 Å². The van der Waals surface area contributed by atoms with Crippen LogP contribution in [-0.2, 0) is 17.8 Å². The quantitative estimate of drug-likeness (QED) is 0.638. The number of amides is 1. The predicted octanol–water partition coefficient (Wildman–Crippen LogP) is 1.43. The van der Waals surface area contributed by atoms with E-state index in [-0.39, 0.29) is 24.6 Å². The van der Waals surface area contributed by atoms with Crippen molar-refractivity contribution in [2.24, 2.45) is 0 Å². The van der Waals surface area contributed by atoms with Crippen LogP contribution < -0.4 is 11.1 Å². The molecule has 3 N–H and O–H groups in total. The second-order valence-electron chi connectivity index (χ2n) is 4.42. The molecular weight excluding hydrogens is 272 g/mol. The molecule has 0 fully saturated rings. The lowest BCUT2D eigenvalue weighted by molar-refractivity contribution is -0.385. The van der Waals surface area contributed by atoms with Gasteiger partial charge in [0.2, 0.25) is 5.91 Å². The molecule has 2 aromatic rings. The molecule has 0 radical (unpaired) electrons. The Labute approximate surface area is 121 Å². The fourth-order valence-electron chi connectivity index (χ4n) is 1.80. The van der Waals surface area contributed by atoms with E-state index in [9.17, 15) is 14.9 Å². The molecule has 0 saturated carbocycles. The molecule has 0 unspecified atom stereocenters. The van der Waals surface area contributed by atoms with Crippen molar-refractivity contribution in [3.63, 3.8) is 0 Å². The molecular formula is C14H14N4O3. The molecule has 7 heteroatoms. The van der Waals surface area contributed by atoms with Crippen LogP contribution in [0.25, 0.3) is 0 Å². The fraction of sp³-hybridized carbons (Fsp3) is 0.143. The molecule has 0 aliphatic rings. The van der Waals surface area contributed by atoms with Gasteiger partial charge in [0, 0.05) is 23.9 Å². The van der Waals surface area contributed by atoms with E-state index in [0.717, 1.165) is 0 Å². The van der Waals surface area contributed by atoms with Crippen molar-refractivity contribution in [3.05, 3.63) is 64.0 Å². The van der Waals surface area contributed by atoms with Gasteiger partial charge in [-0.15, -0.1) is 0 Å². The lowest BCUT2D eigenvalue weighted by Gasteiger charge is -2.06. The van der Waals surface area contributed by atoms with Crippen molar-refractivity contribution >= 4 is 17.3 Å². The molecule has 1 amide bonds. The zero-order valence-corrected chi connectivity index (χ0v) is 11.2. The van der Waals surface area contributed by atoms with E-state index in [1.807, 2.05) is 0 Å². The van der Waals surface area contributed by atoms with E-state index in [4.69, 9.17) is 5.73 Å². The lowest BCUT2D eigenvalue weighted by atomic mass is 10.1. The van der Waals surface area contributed by atoms with Crippen LogP contribution in [0.5, 0.6) is 0 Å². The summed E-state index contributed by atoms with van der Waals surface area (Å²) in [6.45, 7) is 0.102. The first-order chi connectivity index (χ1) is 10.1. The highest BCUT2D eigenvalue weighted by atomic mass is 16.6. The Kier molecular flexibility index (Phi) is 4.45. The van der Waals surface area contributed by atoms with Gasteiger partial charge in [-0.2, -0.15) is 0 Å². The molecule has 0 aliphatic carbocycles. The Morgan fingerprint density at radius 1 is 1.29 bits per heavy atom. The third-order valence-electron chi connectivity index (χ3n) is 2.85. The average Bonchev–Trinajstić information content (AvgIpc) is 2.48. The minimum Gasteiger partial charge on any atom is -0.397 e. The molecule has 1 heterocycles. The minimum atomic E-state index is -0.469. The maximum absolute atomic E-state index is 11.8. The third kappa shape index (κ3) is 4.00. The second-order valence-corrected chi connectivity index (χ2v) is 4.42. The fourth-order valence-corrected chi connectivity index (χ4v) is 1.80. The first kappa shape index (κ1) is 14.4. The summed E-state index contributed by atoms with van der Waals surface area (Å²) in [5.74, 6) is -0.259. The Morgan fingerprint density at radius 2 is 2.05 bits per heavy atom. The van der Waals surface area contributed by atoms with Gasteiger partial charge < -0.3 is 11.1 Å². The van der Waals surface area contributed by atoms with E-state index in [1.54, 1.807) is 30.3 Å². The minimum absolute atomic E-state index is 0.0107. The molecule has 2 rings (SSSR count). The van der Waals surface area contributed by atoms with Gasteiger partial charge in [-0.05, 0) is 12.1 Å². The van der Waals surface area contributed by atoms with Crippen molar-refractivity contribution in [2.75, 3.05) is 5.73 Å². The number of pyridine rings is 1. The van der Waals surface area contributed by atoms with Crippen molar-refractivity contribution in [1.82, 2.24) is 10.3 Å². The number of rotatable bonds is 5. The maximum atomic E-state index is 11.8. The molecule has 1 aromatic heterocycles. The number of nitrogens with two attached hydrogens (primary N) is 1. The van der Waals surface area contributed by atoms with E-state index in [2.05, 4.69) is 10.3 Å². The SMILES string of the molecule is Nc1ccc(CC(=O)NCc2ccccc2[N+](=O)[O-])nc1. The van der Waals surface area contributed by atoms with E-state index < -0.39 is 4.92 Å². The van der Waals surface area contributed by atoms with E-state index >= 15 is 0 Å². The van der Waals surface area contributed by atoms with Crippen molar-refractivity contribution < 1.29 is 9.72 Å². The van der Waals surface area contributed by atoms with Gasteiger partial charge in [0.25, 0.3) is 5.69 Å². The topological polar surface area (TPSA) is 111 Å². The van der Waals surface area contributed by atoms with Gasteiger partial charge in [0.1, 0.15) is 0 Å². The summed E-state index contributed by atoms with van der Waals surface area (Å²) in [5.41, 5.74) is 7.07. The zero-order valence-electron chi connectivity index (χ0n) is 11.2. The first-order valence-electron chi connectivity index (χ1n) is 6.25. The van der Waals surface area contributed by atoms with Crippen LogP contribution in [0.1, 0.15) is 11.3 Å². The molecule has 0 atom stereocenters. The smallest absolute Gasteiger partial charge is 0.274 e. The standard InChI is InChI=1S/C14H14N4O3/c15-11-5-6-12(16-9-11)7-14(19)17-8-10-3-1-2-4-13(10)18(20)21/h1-6,9H,7-8,15H2,(H,17,19). The number of hydrogen-bond donors (Lipinski definition) is 2. The van der Waals surface area contributed by atoms with Gasteiger partial charge in [-0.25, -0.2) is 0 Å². The summed E-state index contributed by atoms with van der Waals surface area (Å²) >= 11 is 0. The number of carbonyl (C=O) groups excluding carboxylic acids is 1. The van der Waals surface area contributed by atoms with E-state index in [0.29, 0.717) is 16.9 Å². The summed E-state index contributed by atoms with van der Waals surface area (Å²) in [6, 6.07) is 9.62. The summed E-state index contributed by atoms with van der Waals surface area (Å²) in [5, 5.41) is 13.5. The number of carbonyl (C=O) groups is 1. The van der Waals surface area contributed by atoms with Crippen LogP contribution in [0.15, 0.2) is 42.6 Å². The Bertz CT molecular complexity index is 656. The van der Waals surface area contributed by atoms with Crippen LogP contribution in [-0.4, -0.2) is 15.8 Å². The number of nitrogen functional groups attached to an aromatic ring is 1. The number of nitro benzene ring substituents is 1. The number of anilines is 1. The monoisotopic (exact) mass is 286 g/mol. The van der Waals surface area contributed by atoms with Crippen LogP contribution in [0, 0.1) is 10.1 Å². The predicted molar refractivity (Wildman–Crippen MR) is 77.3 cm³/mol. The molecule has 0 aliphatic heterocycles. The number of para-hydroxylation sites is 1. The lowest BCUT2D eigenvalue weighted by Crippen LogP contribution is -2.25. The Balaban J connectivity index is 1.95. The number of benzene rings is 1. The second kappa shape index (κ2) is 6.47. The Hall–Kier alpha value is -2.96. The molecule has 0 saturated heterocycles. The summed E-state index contributed by atoms with van der Waals surface area (Å²) in [6.07, 6.45) is 1.57. The van der Waals surface area contributed by atoms with E-state index in [1.165, 1.54) is 12.3 Å². The number of hydrogen-bond acceptors (Lipinski definition) is 5. The van der Waals surface area contributed by atoms with Gasteiger partial charge in [-0.3, -0.25) is 19.9 Å². The molecule has 108 valence electrons. The third-order valence-corrected chi connectivity index (χ3v) is 2.85. The Morgan fingerprint density at radius 3 is 2.71 bits per heavy atom. The maximum Gasteiger partial charge on any atom is 0.274 e. The number of aromatic nitrogens is 1. The van der Waals surface area contributed by atoms with Crippen LogP contribution in [0.3, 0.4) is 0 Å². The number of nitro groups is 1. The highest BCUT2D eigenvalue weighted by Gasteiger charge is 2.13. The summed E-state index contributed by atoms with van der Waals surface area (Å²) in [7, 11) is 0. The average molecular weight is 286 g/mol. The van der Waals surface area contributed by atoms with Crippen molar-refractivity contribution in [3.8, 4) is 0 Å².